The summed E-state index contributed by atoms with van der Waals surface area (Å²) in [5.41, 5.74) is 0.890. The van der Waals surface area contributed by atoms with Crippen molar-refractivity contribution in [2.75, 3.05) is 20.3 Å². The van der Waals surface area contributed by atoms with Gasteiger partial charge in [0.15, 0.2) is 11.5 Å². The lowest BCUT2D eigenvalue weighted by Crippen LogP contribution is -2.37. The minimum Gasteiger partial charge on any atom is -0.493 e. The molecule has 2 rings (SSSR count). The summed E-state index contributed by atoms with van der Waals surface area (Å²) >= 11 is 0. The maximum absolute atomic E-state index is 11.8. The first kappa shape index (κ1) is 19.4. The van der Waals surface area contributed by atoms with Crippen molar-refractivity contribution in [2.45, 2.75) is 26.5 Å². The molecule has 0 saturated carbocycles. The number of amides is 2. The van der Waals surface area contributed by atoms with E-state index in [0.717, 1.165) is 5.56 Å². The van der Waals surface area contributed by atoms with Crippen molar-refractivity contribution in [3.8, 4) is 17.4 Å². The molecular formula is C19H25N3O4. The fourth-order valence-electron chi connectivity index (χ4n) is 2.14. The Hall–Kier alpha value is -2.96. The van der Waals surface area contributed by atoms with Gasteiger partial charge in [-0.1, -0.05) is 18.2 Å². The highest BCUT2D eigenvalue weighted by Crippen LogP contribution is 2.25. The molecule has 7 nitrogen and oxygen atoms in total. The van der Waals surface area contributed by atoms with Crippen LogP contribution in [0.3, 0.4) is 0 Å². The van der Waals surface area contributed by atoms with Crippen molar-refractivity contribution in [1.82, 2.24) is 15.6 Å². The molecule has 0 unspecified atom stereocenters. The average Bonchev–Trinajstić information content (AvgIpc) is 2.64. The predicted molar refractivity (Wildman–Crippen MR) is 98.7 cm³/mol. The average molecular weight is 359 g/mol. The molecule has 0 spiro atoms. The number of nitrogens with one attached hydrogen (secondary N) is 2. The molecule has 2 N–H and O–H groups in total. The van der Waals surface area contributed by atoms with Crippen LogP contribution in [0.2, 0.25) is 0 Å². The van der Waals surface area contributed by atoms with Crippen LogP contribution in [0.5, 0.6) is 17.4 Å². The van der Waals surface area contributed by atoms with Gasteiger partial charge in [0.1, 0.15) is 6.61 Å². The topological polar surface area (TPSA) is 81.7 Å². The van der Waals surface area contributed by atoms with E-state index in [1.54, 1.807) is 19.4 Å². The number of hydrogen-bond donors (Lipinski definition) is 2. The molecule has 26 heavy (non-hydrogen) atoms. The minimum absolute atomic E-state index is 0.0790. The van der Waals surface area contributed by atoms with Gasteiger partial charge in [0, 0.05) is 18.8 Å². The van der Waals surface area contributed by atoms with E-state index < -0.39 is 0 Å². The highest BCUT2D eigenvalue weighted by atomic mass is 16.5. The van der Waals surface area contributed by atoms with Gasteiger partial charge in [0.05, 0.1) is 19.8 Å². The van der Waals surface area contributed by atoms with E-state index in [4.69, 9.17) is 14.2 Å². The molecule has 2 aromatic rings. The summed E-state index contributed by atoms with van der Waals surface area (Å²) in [6.07, 6.45) is 1.76. The van der Waals surface area contributed by atoms with E-state index in [-0.39, 0.29) is 12.1 Å². The number of hydrogen-bond acceptors (Lipinski definition) is 5. The number of pyridine rings is 1. The van der Waals surface area contributed by atoms with Gasteiger partial charge in [-0.25, -0.2) is 9.78 Å². The zero-order valence-corrected chi connectivity index (χ0v) is 15.3. The largest absolute Gasteiger partial charge is 0.493 e. The van der Waals surface area contributed by atoms with Gasteiger partial charge < -0.3 is 24.8 Å². The molecule has 7 heteroatoms. The van der Waals surface area contributed by atoms with E-state index >= 15 is 0 Å². The first-order chi connectivity index (χ1) is 12.6. The summed E-state index contributed by atoms with van der Waals surface area (Å²) in [6.45, 7) is 4.99. The number of methoxy groups -OCH3 is 1. The highest BCUT2D eigenvalue weighted by molar-refractivity contribution is 5.73. The van der Waals surface area contributed by atoms with E-state index in [9.17, 15) is 4.79 Å². The van der Waals surface area contributed by atoms with Crippen LogP contribution in [-0.2, 0) is 6.54 Å². The van der Waals surface area contributed by atoms with Crippen LogP contribution in [0.4, 0.5) is 4.79 Å². The van der Waals surface area contributed by atoms with Crippen LogP contribution >= 0.6 is 0 Å². The van der Waals surface area contributed by atoms with Crippen LogP contribution in [0.1, 0.15) is 19.4 Å². The Morgan fingerprint density at radius 1 is 1.12 bits per heavy atom. The Kier molecular flexibility index (Phi) is 7.54. The quantitative estimate of drug-likeness (QED) is 0.673. The molecule has 0 aliphatic rings. The van der Waals surface area contributed by atoms with Gasteiger partial charge in [-0.2, -0.15) is 0 Å². The number of nitrogens with zero attached hydrogens (tertiary/aromatic N) is 1. The molecule has 1 heterocycles. The smallest absolute Gasteiger partial charge is 0.315 e. The number of carbonyl (C=O) groups is 1. The van der Waals surface area contributed by atoms with Crippen molar-refractivity contribution >= 4 is 6.03 Å². The Morgan fingerprint density at radius 2 is 1.88 bits per heavy atom. The summed E-state index contributed by atoms with van der Waals surface area (Å²) in [5, 5.41) is 5.51. The van der Waals surface area contributed by atoms with Gasteiger partial charge in [-0.05, 0) is 31.5 Å². The second-order valence-electron chi connectivity index (χ2n) is 5.78. The summed E-state index contributed by atoms with van der Waals surface area (Å²) in [5.74, 6) is 1.88. The minimum atomic E-state index is -0.267. The van der Waals surface area contributed by atoms with Crippen LogP contribution in [-0.4, -0.2) is 37.4 Å². The Morgan fingerprint density at radius 3 is 2.54 bits per heavy atom. The normalized spacial score (nSPS) is 10.3. The molecule has 0 saturated heterocycles. The lowest BCUT2D eigenvalue weighted by Gasteiger charge is -2.11. The van der Waals surface area contributed by atoms with E-state index in [1.807, 2.05) is 44.2 Å². The number of benzene rings is 1. The van der Waals surface area contributed by atoms with Crippen molar-refractivity contribution in [2.24, 2.45) is 0 Å². The van der Waals surface area contributed by atoms with Crippen LogP contribution < -0.4 is 24.8 Å². The SMILES string of the molecule is COc1ccccc1OCCNC(=O)NCc1ccc(OC(C)C)nc1. The molecule has 1 aromatic carbocycles. The molecule has 0 atom stereocenters. The number of ether oxygens (including phenoxy) is 3. The second kappa shape index (κ2) is 10.1. The summed E-state index contributed by atoms with van der Waals surface area (Å²) in [7, 11) is 1.59. The molecule has 0 bridgehead atoms. The summed E-state index contributed by atoms with van der Waals surface area (Å²) < 4.78 is 16.3. The first-order valence-corrected chi connectivity index (χ1v) is 8.47. The first-order valence-electron chi connectivity index (χ1n) is 8.47. The number of para-hydroxylation sites is 2. The van der Waals surface area contributed by atoms with Gasteiger partial charge in [-0.3, -0.25) is 0 Å². The highest BCUT2D eigenvalue weighted by Gasteiger charge is 2.04. The second-order valence-corrected chi connectivity index (χ2v) is 5.78. The van der Waals surface area contributed by atoms with E-state index in [0.29, 0.717) is 37.1 Å². The van der Waals surface area contributed by atoms with Gasteiger partial charge in [0.25, 0.3) is 0 Å². The summed E-state index contributed by atoms with van der Waals surface area (Å²) in [6, 6.07) is 10.8. The monoisotopic (exact) mass is 359 g/mol. The third-order valence-corrected chi connectivity index (χ3v) is 3.32. The zero-order valence-electron chi connectivity index (χ0n) is 15.3. The third kappa shape index (κ3) is 6.51. The maximum atomic E-state index is 11.8. The fraction of sp³-hybridized carbons (Fsp3) is 0.368. The molecule has 0 radical (unpaired) electrons. The van der Waals surface area contributed by atoms with Crippen LogP contribution in [0.15, 0.2) is 42.6 Å². The number of carbonyl (C=O) groups excluding carboxylic acids is 1. The maximum Gasteiger partial charge on any atom is 0.315 e. The Labute approximate surface area is 153 Å². The van der Waals surface area contributed by atoms with Crippen molar-refractivity contribution in [3.05, 3.63) is 48.2 Å². The Balaban J connectivity index is 1.66. The molecular weight excluding hydrogens is 334 g/mol. The number of urea groups is 1. The molecule has 0 aliphatic carbocycles. The van der Waals surface area contributed by atoms with Crippen LogP contribution in [0, 0.1) is 0 Å². The zero-order chi connectivity index (χ0) is 18.8. The number of aromatic nitrogens is 1. The molecule has 0 aliphatic heterocycles. The van der Waals surface area contributed by atoms with Crippen molar-refractivity contribution in [1.29, 1.82) is 0 Å². The van der Waals surface area contributed by atoms with Crippen molar-refractivity contribution < 1.29 is 19.0 Å². The Bertz CT molecular complexity index is 689. The molecule has 1 aromatic heterocycles. The van der Waals surface area contributed by atoms with Gasteiger partial charge in [-0.15, -0.1) is 0 Å². The molecule has 2 amide bonds. The van der Waals surface area contributed by atoms with Crippen LogP contribution in [0.25, 0.3) is 0 Å². The fourth-order valence-corrected chi connectivity index (χ4v) is 2.14. The summed E-state index contributed by atoms with van der Waals surface area (Å²) in [4.78, 5) is 16.0. The lowest BCUT2D eigenvalue weighted by molar-refractivity contribution is 0.232. The van der Waals surface area contributed by atoms with Crippen molar-refractivity contribution in [3.63, 3.8) is 0 Å². The molecule has 140 valence electrons. The lowest BCUT2D eigenvalue weighted by atomic mass is 10.3. The number of rotatable bonds is 9. The third-order valence-electron chi connectivity index (χ3n) is 3.32. The van der Waals surface area contributed by atoms with E-state index in [2.05, 4.69) is 15.6 Å². The van der Waals surface area contributed by atoms with E-state index in [1.165, 1.54) is 0 Å². The molecule has 0 fully saturated rings. The van der Waals surface area contributed by atoms with Gasteiger partial charge in [0.2, 0.25) is 5.88 Å². The predicted octanol–water partition coefficient (Wildman–Crippen LogP) is 2.76. The standard InChI is InChI=1S/C19H25N3O4/c1-14(2)26-18-9-8-15(12-21-18)13-22-19(23)20-10-11-25-17-7-5-4-6-16(17)24-3/h4-9,12,14H,10-11,13H2,1-3H3,(H2,20,22,23). The van der Waals surface area contributed by atoms with Gasteiger partial charge >= 0.3 is 6.03 Å².